The van der Waals surface area contributed by atoms with Crippen molar-refractivity contribution in [1.29, 1.82) is 0 Å². The Labute approximate surface area is 111 Å². The molecule has 1 fully saturated rings. The number of carbonyl (C=O) groups excluding carboxylic acids is 1. The topological polar surface area (TPSA) is 89.8 Å². The summed E-state index contributed by atoms with van der Waals surface area (Å²) in [4.78, 5) is 11.9. The number of benzene rings is 1. The second kappa shape index (κ2) is 5.93. The maximum absolute atomic E-state index is 11.9. The van der Waals surface area contributed by atoms with Crippen molar-refractivity contribution in [1.82, 2.24) is 5.32 Å². The minimum atomic E-state index is -0.490. The number of hydrogen-bond donors (Lipinski definition) is 4. The van der Waals surface area contributed by atoms with Gasteiger partial charge in [0.1, 0.15) is 17.1 Å². The molecule has 1 aliphatic carbocycles. The van der Waals surface area contributed by atoms with Crippen LogP contribution in [0.4, 0.5) is 0 Å². The van der Waals surface area contributed by atoms with Crippen LogP contribution in [0, 0.1) is 5.92 Å². The quantitative estimate of drug-likeness (QED) is 0.664. The van der Waals surface area contributed by atoms with Crippen molar-refractivity contribution in [2.75, 3.05) is 6.54 Å². The van der Waals surface area contributed by atoms with E-state index in [0.717, 1.165) is 19.3 Å². The van der Waals surface area contributed by atoms with Crippen LogP contribution in [0.1, 0.15) is 36.0 Å². The van der Waals surface area contributed by atoms with Crippen LogP contribution in [0.25, 0.3) is 0 Å². The Kier molecular flexibility index (Phi) is 4.27. The number of hydrogen-bond acceptors (Lipinski definition) is 4. The van der Waals surface area contributed by atoms with E-state index in [1.54, 1.807) is 0 Å². The van der Waals surface area contributed by atoms with Gasteiger partial charge in [-0.15, -0.1) is 0 Å². The van der Waals surface area contributed by atoms with Gasteiger partial charge >= 0.3 is 0 Å². The summed E-state index contributed by atoms with van der Waals surface area (Å²) < 4.78 is 0. The monoisotopic (exact) mass is 265 g/mol. The molecule has 0 saturated heterocycles. The number of nitrogens with one attached hydrogen (secondary N) is 1. The van der Waals surface area contributed by atoms with Crippen molar-refractivity contribution < 1.29 is 20.1 Å². The molecule has 1 aromatic rings. The number of rotatable bonds is 3. The highest BCUT2D eigenvalue weighted by molar-refractivity contribution is 5.99. The molecule has 1 saturated carbocycles. The fraction of sp³-hybridized carbons (Fsp3) is 0.500. The molecular weight excluding hydrogens is 246 g/mol. The lowest BCUT2D eigenvalue weighted by Crippen LogP contribution is -2.33. The maximum atomic E-state index is 11.9. The Bertz CT molecular complexity index is 441. The number of phenols is 2. The minimum Gasteiger partial charge on any atom is -0.507 e. The highest BCUT2D eigenvalue weighted by Gasteiger charge is 2.22. The molecule has 0 aliphatic heterocycles. The summed E-state index contributed by atoms with van der Waals surface area (Å²) in [5.41, 5.74) is -0.0983. The van der Waals surface area contributed by atoms with Gasteiger partial charge in [0.2, 0.25) is 0 Å². The zero-order valence-electron chi connectivity index (χ0n) is 10.7. The standard InChI is InChI=1S/C14H19NO4/c16-10-4-1-3-9(7-10)8-15-14(19)13-11(17)5-2-6-12(13)18/h2,5-6,9-10,16-18H,1,3-4,7-8H2,(H,15,19). The van der Waals surface area contributed by atoms with E-state index in [1.165, 1.54) is 18.2 Å². The molecule has 19 heavy (non-hydrogen) atoms. The zero-order valence-corrected chi connectivity index (χ0v) is 10.7. The van der Waals surface area contributed by atoms with E-state index < -0.39 is 5.91 Å². The first-order valence-electron chi connectivity index (χ1n) is 6.55. The molecule has 0 spiro atoms. The predicted molar refractivity (Wildman–Crippen MR) is 70.1 cm³/mol. The molecule has 4 N–H and O–H groups in total. The van der Waals surface area contributed by atoms with E-state index in [0.29, 0.717) is 13.0 Å². The van der Waals surface area contributed by atoms with Crippen LogP contribution in [-0.2, 0) is 0 Å². The van der Waals surface area contributed by atoms with E-state index in [4.69, 9.17) is 0 Å². The maximum Gasteiger partial charge on any atom is 0.258 e. The molecule has 0 radical (unpaired) electrons. The number of aromatic hydroxyl groups is 2. The number of phenolic OH excluding ortho intramolecular Hbond substituents is 2. The number of carbonyl (C=O) groups is 1. The average molecular weight is 265 g/mol. The van der Waals surface area contributed by atoms with Gasteiger partial charge in [-0.3, -0.25) is 4.79 Å². The SMILES string of the molecule is O=C(NCC1CCCC(O)C1)c1c(O)cccc1O. The van der Waals surface area contributed by atoms with E-state index >= 15 is 0 Å². The fourth-order valence-corrected chi connectivity index (χ4v) is 2.53. The second-order valence-electron chi connectivity index (χ2n) is 5.07. The molecule has 104 valence electrons. The molecule has 1 amide bonds. The van der Waals surface area contributed by atoms with Crippen LogP contribution >= 0.6 is 0 Å². The molecular formula is C14H19NO4. The molecule has 1 aromatic carbocycles. The van der Waals surface area contributed by atoms with E-state index in [9.17, 15) is 20.1 Å². The Morgan fingerprint density at radius 1 is 1.26 bits per heavy atom. The van der Waals surface area contributed by atoms with Crippen LogP contribution in [0.5, 0.6) is 11.5 Å². The van der Waals surface area contributed by atoms with Crippen LogP contribution in [0.2, 0.25) is 0 Å². The smallest absolute Gasteiger partial charge is 0.258 e. The van der Waals surface area contributed by atoms with E-state index in [-0.39, 0.29) is 29.1 Å². The van der Waals surface area contributed by atoms with Crippen LogP contribution in [0.15, 0.2) is 18.2 Å². The molecule has 5 heteroatoms. The Hall–Kier alpha value is -1.75. The van der Waals surface area contributed by atoms with Gasteiger partial charge in [-0.05, 0) is 37.3 Å². The number of aliphatic hydroxyl groups is 1. The third-order valence-electron chi connectivity index (χ3n) is 3.55. The summed E-state index contributed by atoms with van der Waals surface area (Å²) in [6.45, 7) is 0.448. The van der Waals surface area contributed by atoms with Gasteiger partial charge in [-0.2, -0.15) is 0 Å². The van der Waals surface area contributed by atoms with E-state index in [2.05, 4.69) is 5.32 Å². The lowest BCUT2D eigenvalue weighted by atomic mass is 9.87. The average Bonchev–Trinajstić information content (AvgIpc) is 2.36. The van der Waals surface area contributed by atoms with Gasteiger partial charge in [0, 0.05) is 6.54 Å². The zero-order chi connectivity index (χ0) is 13.8. The summed E-state index contributed by atoms with van der Waals surface area (Å²) in [6.07, 6.45) is 3.17. The first-order chi connectivity index (χ1) is 9.08. The number of aliphatic hydroxyl groups excluding tert-OH is 1. The van der Waals surface area contributed by atoms with Crippen LogP contribution in [0.3, 0.4) is 0 Å². The lowest BCUT2D eigenvalue weighted by molar-refractivity contribution is 0.0869. The Morgan fingerprint density at radius 3 is 2.58 bits per heavy atom. The van der Waals surface area contributed by atoms with Crippen molar-refractivity contribution in [3.05, 3.63) is 23.8 Å². The molecule has 2 atom stereocenters. The van der Waals surface area contributed by atoms with Crippen molar-refractivity contribution in [2.45, 2.75) is 31.8 Å². The third-order valence-corrected chi connectivity index (χ3v) is 3.55. The molecule has 0 aromatic heterocycles. The van der Waals surface area contributed by atoms with Crippen molar-refractivity contribution >= 4 is 5.91 Å². The summed E-state index contributed by atoms with van der Waals surface area (Å²) in [7, 11) is 0. The second-order valence-corrected chi connectivity index (χ2v) is 5.07. The number of amides is 1. The summed E-state index contributed by atoms with van der Waals surface area (Å²) in [6, 6.07) is 4.19. The van der Waals surface area contributed by atoms with Crippen molar-refractivity contribution in [2.24, 2.45) is 5.92 Å². The Balaban J connectivity index is 1.94. The summed E-state index contributed by atoms with van der Waals surface area (Å²) >= 11 is 0. The first-order valence-corrected chi connectivity index (χ1v) is 6.55. The normalized spacial score (nSPS) is 23.0. The van der Waals surface area contributed by atoms with Gasteiger partial charge in [0.05, 0.1) is 6.10 Å². The highest BCUT2D eigenvalue weighted by atomic mass is 16.3. The first kappa shape index (κ1) is 13.7. The highest BCUT2D eigenvalue weighted by Crippen LogP contribution is 2.27. The molecule has 5 nitrogen and oxygen atoms in total. The third kappa shape index (κ3) is 3.38. The molecule has 0 heterocycles. The van der Waals surface area contributed by atoms with Gasteiger partial charge in [0.15, 0.2) is 0 Å². The molecule has 0 bridgehead atoms. The Morgan fingerprint density at radius 2 is 1.95 bits per heavy atom. The van der Waals surface area contributed by atoms with Gasteiger partial charge in [-0.25, -0.2) is 0 Å². The predicted octanol–water partition coefficient (Wildman–Crippen LogP) is 1.38. The van der Waals surface area contributed by atoms with Crippen LogP contribution in [-0.4, -0.2) is 33.9 Å². The minimum absolute atomic E-state index is 0.0983. The fourth-order valence-electron chi connectivity index (χ4n) is 2.53. The van der Waals surface area contributed by atoms with Crippen molar-refractivity contribution in [3.8, 4) is 11.5 Å². The largest absolute Gasteiger partial charge is 0.507 e. The molecule has 2 rings (SSSR count). The molecule has 2 unspecified atom stereocenters. The van der Waals surface area contributed by atoms with Crippen molar-refractivity contribution in [3.63, 3.8) is 0 Å². The van der Waals surface area contributed by atoms with Gasteiger partial charge in [0.25, 0.3) is 5.91 Å². The van der Waals surface area contributed by atoms with E-state index in [1.807, 2.05) is 0 Å². The summed E-state index contributed by atoms with van der Waals surface area (Å²) in [5, 5.41) is 31.4. The lowest BCUT2D eigenvalue weighted by Gasteiger charge is -2.25. The van der Waals surface area contributed by atoms with Crippen LogP contribution < -0.4 is 5.32 Å². The molecule has 1 aliphatic rings. The van der Waals surface area contributed by atoms with Gasteiger partial charge < -0.3 is 20.6 Å². The van der Waals surface area contributed by atoms with Gasteiger partial charge in [-0.1, -0.05) is 12.5 Å². The summed E-state index contributed by atoms with van der Waals surface area (Å²) in [5.74, 6) is -0.710.